The molecule has 66 valence electrons. The fraction of sp³-hybridized carbons (Fsp3) is 0.455. The van der Waals surface area contributed by atoms with Crippen LogP contribution in [0.3, 0.4) is 0 Å². The zero-order valence-electron chi connectivity index (χ0n) is 7.57. The molecule has 1 rings (SSSR count). The first kappa shape index (κ1) is 10.0. The Balaban J connectivity index is 2.42. The maximum Gasteiger partial charge on any atom is 0.0168 e. The molecule has 1 aliphatic carbocycles. The van der Waals surface area contributed by atoms with E-state index in [0.717, 1.165) is 0 Å². The van der Waals surface area contributed by atoms with Crippen molar-refractivity contribution in [1.82, 2.24) is 0 Å². The highest BCUT2D eigenvalue weighted by molar-refractivity contribution is 14.1. The third kappa shape index (κ3) is 2.47. The molecule has 0 heterocycles. The third-order valence-electron chi connectivity index (χ3n) is 2.14. The van der Waals surface area contributed by atoms with Crippen LogP contribution in [0, 0.1) is 0 Å². The lowest BCUT2D eigenvalue weighted by Gasteiger charge is -2.03. The van der Waals surface area contributed by atoms with Crippen molar-refractivity contribution in [2.45, 2.75) is 32.6 Å². The quantitative estimate of drug-likeness (QED) is 0.527. The van der Waals surface area contributed by atoms with Gasteiger partial charge in [0.2, 0.25) is 0 Å². The van der Waals surface area contributed by atoms with E-state index >= 15 is 0 Å². The van der Waals surface area contributed by atoms with Crippen LogP contribution in [0.4, 0.5) is 0 Å². The summed E-state index contributed by atoms with van der Waals surface area (Å²) in [5.41, 5.74) is 2.68. The standard InChI is InChI=1S/C11H15I/c1-3-4-5-6-10-9(2)7-8-11(10)12/h7-8H,2-6H2,1H3. The van der Waals surface area contributed by atoms with Gasteiger partial charge in [0.05, 0.1) is 0 Å². The van der Waals surface area contributed by atoms with E-state index < -0.39 is 0 Å². The summed E-state index contributed by atoms with van der Waals surface area (Å²) in [7, 11) is 0. The number of halogens is 1. The molecular weight excluding hydrogens is 259 g/mol. The molecule has 1 heteroatoms. The molecule has 0 saturated carbocycles. The van der Waals surface area contributed by atoms with Crippen molar-refractivity contribution >= 4 is 22.6 Å². The van der Waals surface area contributed by atoms with Gasteiger partial charge in [0.15, 0.2) is 0 Å². The monoisotopic (exact) mass is 274 g/mol. The predicted molar refractivity (Wildman–Crippen MR) is 63.5 cm³/mol. The molecule has 1 aliphatic rings. The van der Waals surface area contributed by atoms with E-state index in [1.54, 1.807) is 0 Å². The van der Waals surface area contributed by atoms with E-state index in [-0.39, 0.29) is 0 Å². The molecule has 12 heavy (non-hydrogen) atoms. The smallest absolute Gasteiger partial charge is 0.0168 e. The average Bonchev–Trinajstić information content (AvgIpc) is 2.35. The van der Waals surface area contributed by atoms with E-state index in [0.29, 0.717) is 0 Å². The maximum atomic E-state index is 4.02. The predicted octanol–water partition coefficient (Wildman–Crippen LogP) is 4.38. The third-order valence-corrected chi connectivity index (χ3v) is 3.15. The lowest BCUT2D eigenvalue weighted by molar-refractivity contribution is 0.718. The molecule has 0 N–H and O–H groups in total. The highest BCUT2D eigenvalue weighted by atomic mass is 127. The van der Waals surface area contributed by atoms with Gasteiger partial charge in [-0.05, 0) is 52.7 Å². The average molecular weight is 274 g/mol. The van der Waals surface area contributed by atoms with Gasteiger partial charge in [-0.15, -0.1) is 0 Å². The molecule has 0 aromatic heterocycles. The summed E-state index contributed by atoms with van der Waals surface area (Å²) in [5, 5.41) is 0. The Morgan fingerprint density at radius 2 is 2.08 bits per heavy atom. The number of unbranched alkanes of at least 4 members (excludes halogenated alkanes) is 2. The van der Waals surface area contributed by atoms with Crippen molar-refractivity contribution in [1.29, 1.82) is 0 Å². The second kappa shape index (κ2) is 4.85. The molecule has 0 aromatic carbocycles. The fourth-order valence-corrected chi connectivity index (χ4v) is 2.16. The van der Waals surface area contributed by atoms with Gasteiger partial charge in [0.1, 0.15) is 0 Å². The minimum Gasteiger partial charge on any atom is -0.0914 e. The van der Waals surface area contributed by atoms with Crippen LogP contribution in [0.25, 0.3) is 0 Å². The fourth-order valence-electron chi connectivity index (χ4n) is 1.36. The summed E-state index contributed by atoms with van der Waals surface area (Å²) < 4.78 is 1.38. The van der Waals surface area contributed by atoms with Gasteiger partial charge >= 0.3 is 0 Å². The number of rotatable bonds is 4. The Morgan fingerprint density at radius 3 is 2.58 bits per heavy atom. The molecule has 0 unspecified atom stereocenters. The van der Waals surface area contributed by atoms with Crippen molar-refractivity contribution in [3.05, 3.63) is 33.5 Å². The van der Waals surface area contributed by atoms with Gasteiger partial charge in [-0.2, -0.15) is 0 Å². The van der Waals surface area contributed by atoms with E-state index in [1.165, 1.54) is 40.4 Å². The summed E-state index contributed by atoms with van der Waals surface area (Å²) >= 11 is 2.39. The zero-order chi connectivity index (χ0) is 8.97. The normalized spacial score (nSPS) is 16.3. The molecule has 0 fully saturated rings. The SMILES string of the molecule is C=C1C=CC(I)=C1CCCCC. The van der Waals surface area contributed by atoms with E-state index in [1.807, 2.05) is 0 Å². The minimum absolute atomic E-state index is 1.21. The van der Waals surface area contributed by atoms with Crippen molar-refractivity contribution in [3.63, 3.8) is 0 Å². The number of hydrogen-bond donors (Lipinski definition) is 0. The topological polar surface area (TPSA) is 0 Å². The molecule has 0 aromatic rings. The van der Waals surface area contributed by atoms with Crippen LogP contribution in [0.1, 0.15) is 32.6 Å². The molecular formula is C11H15I. The lowest BCUT2D eigenvalue weighted by atomic mass is 10.0. The largest absolute Gasteiger partial charge is 0.0914 e. The molecule has 0 radical (unpaired) electrons. The first-order chi connectivity index (χ1) is 5.75. The molecule has 0 atom stereocenters. The summed E-state index contributed by atoms with van der Waals surface area (Å²) in [5.74, 6) is 0. The second-order valence-electron chi connectivity index (χ2n) is 3.14. The molecule has 0 saturated heterocycles. The van der Waals surface area contributed by atoms with Crippen LogP contribution in [-0.2, 0) is 0 Å². The van der Waals surface area contributed by atoms with Crippen LogP contribution < -0.4 is 0 Å². The Labute approximate surface area is 88.6 Å². The van der Waals surface area contributed by atoms with Gasteiger partial charge in [-0.3, -0.25) is 0 Å². The zero-order valence-corrected chi connectivity index (χ0v) is 9.73. The Bertz CT molecular complexity index is 233. The Hall–Kier alpha value is -0.0500. The maximum absolute atomic E-state index is 4.02. The molecule has 0 nitrogen and oxygen atoms in total. The van der Waals surface area contributed by atoms with Crippen LogP contribution in [0.5, 0.6) is 0 Å². The molecule has 0 aliphatic heterocycles. The number of allylic oxidation sites excluding steroid dienone is 5. The van der Waals surface area contributed by atoms with Crippen LogP contribution in [0.15, 0.2) is 33.5 Å². The highest BCUT2D eigenvalue weighted by Gasteiger charge is 2.09. The van der Waals surface area contributed by atoms with Gasteiger partial charge in [-0.25, -0.2) is 0 Å². The molecule has 0 bridgehead atoms. The molecule has 0 amide bonds. The van der Waals surface area contributed by atoms with E-state index in [9.17, 15) is 0 Å². The summed E-state index contributed by atoms with van der Waals surface area (Å²) in [6.07, 6.45) is 9.41. The second-order valence-corrected chi connectivity index (χ2v) is 4.30. The van der Waals surface area contributed by atoms with Crippen molar-refractivity contribution < 1.29 is 0 Å². The first-order valence-electron chi connectivity index (χ1n) is 4.51. The minimum atomic E-state index is 1.21. The van der Waals surface area contributed by atoms with Crippen LogP contribution in [-0.4, -0.2) is 0 Å². The molecule has 0 spiro atoms. The van der Waals surface area contributed by atoms with E-state index in [4.69, 9.17) is 0 Å². The highest BCUT2D eigenvalue weighted by Crippen LogP contribution is 2.31. The lowest BCUT2D eigenvalue weighted by Crippen LogP contribution is -1.84. The summed E-state index contributed by atoms with van der Waals surface area (Å²) in [6.45, 7) is 6.25. The summed E-state index contributed by atoms with van der Waals surface area (Å²) in [4.78, 5) is 0. The van der Waals surface area contributed by atoms with Gasteiger partial charge < -0.3 is 0 Å². The van der Waals surface area contributed by atoms with Crippen LogP contribution in [0.2, 0.25) is 0 Å². The van der Waals surface area contributed by atoms with Gasteiger partial charge in [-0.1, -0.05) is 32.4 Å². The Morgan fingerprint density at radius 1 is 1.33 bits per heavy atom. The Kier molecular flexibility index (Phi) is 4.06. The van der Waals surface area contributed by atoms with Crippen molar-refractivity contribution in [3.8, 4) is 0 Å². The first-order valence-corrected chi connectivity index (χ1v) is 5.59. The number of hydrogen-bond acceptors (Lipinski definition) is 0. The van der Waals surface area contributed by atoms with Gasteiger partial charge in [0.25, 0.3) is 0 Å². The van der Waals surface area contributed by atoms with Crippen LogP contribution >= 0.6 is 22.6 Å². The van der Waals surface area contributed by atoms with E-state index in [2.05, 4.69) is 48.2 Å². The van der Waals surface area contributed by atoms with Gasteiger partial charge in [0, 0.05) is 3.58 Å². The van der Waals surface area contributed by atoms with Crippen molar-refractivity contribution in [2.24, 2.45) is 0 Å². The van der Waals surface area contributed by atoms with Crippen molar-refractivity contribution in [2.75, 3.05) is 0 Å². The summed E-state index contributed by atoms with van der Waals surface area (Å²) in [6, 6.07) is 0.